The van der Waals surface area contributed by atoms with Crippen molar-refractivity contribution in [3.05, 3.63) is 52.7 Å². The van der Waals surface area contributed by atoms with Crippen molar-refractivity contribution in [3.8, 4) is 12.1 Å². The summed E-state index contributed by atoms with van der Waals surface area (Å²) in [4.78, 5) is 16.8. The molecular formula is C20H17N5O2. The van der Waals surface area contributed by atoms with Gasteiger partial charge in [0.15, 0.2) is 11.5 Å². The molecule has 0 fully saturated rings. The molecule has 0 aliphatic carbocycles. The van der Waals surface area contributed by atoms with Crippen molar-refractivity contribution < 1.29 is 9.21 Å². The van der Waals surface area contributed by atoms with Gasteiger partial charge in [0.25, 0.3) is 5.91 Å². The average molecular weight is 359 g/mol. The first kappa shape index (κ1) is 18.0. The van der Waals surface area contributed by atoms with Gasteiger partial charge >= 0.3 is 0 Å². The molecule has 0 spiro atoms. The number of carbonyl (C=O) groups is 1. The van der Waals surface area contributed by atoms with Crippen LogP contribution in [0, 0.1) is 29.6 Å². The first-order chi connectivity index (χ1) is 13.0. The summed E-state index contributed by atoms with van der Waals surface area (Å²) in [5.74, 6) is 0.0942. The molecule has 3 rings (SSSR count). The molecule has 0 unspecified atom stereocenters. The summed E-state index contributed by atoms with van der Waals surface area (Å²) in [5.41, 5.74) is 3.66. The number of rotatable bonds is 4. The standard InChI is InChI=1S/C20H17N5O2/c1-4-19-24-17-9-15(5-6-18(17)27-19)23-20(26)14(10-21)7-13-8-16(11-22)25(3)12(13)2/h5-9H,4H2,1-3H3,(H,23,26). The average Bonchev–Trinajstić information content (AvgIpc) is 3.20. The van der Waals surface area contributed by atoms with Crippen LogP contribution in [0.4, 0.5) is 5.69 Å². The lowest BCUT2D eigenvalue weighted by Crippen LogP contribution is -2.13. The summed E-state index contributed by atoms with van der Waals surface area (Å²) in [7, 11) is 1.76. The molecule has 0 radical (unpaired) electrons. The van der Waals surface area contributed by atoms with Crippen LogP contribution in [0.3, 0.4) is 0 Å². The van der Waals surface area contributed by atoms with Crippen LogP contribution in [0.15, 0.2) is 34.3 Å². The molecule has 7 heteroatoms. The van der Waals surface area contributed by atoms with E-state index in [2.05, 4.69) is 16.4 Å². The van der Waals surface area contributed by atoms with Crippen molar-refractivity contribution in [2.75, 3.05) is 5.32 Å². The zero-order chi connectivity index (χ0) is 19.6. The van der Waals surface area contributed by atoms with Crippen molar-refractivity contribution in [2.45, 2.75) is 20.3 Å². The Morgan fingerprint density at radius 2 is 2.15 bits per heavy atom. The third kappa shape index (κ3) is 3.44. The van der Waals surface area contributed by atoms with Crippen molar-refractivity contribution >= 4 is 28.8 Å². The van der Waals surface area contributed by atoms with Crippen molar-refractivity contribution in [3.63, 3.8) is 0 Å². The van der Waals surface area contributed by atoms with Gasteiger partial charge in [-0.15, -0.1) is 0 Å². The summed E-state index contributed by atoms with van der Waals surface area (Å²) in [6, 6.07) is 10.8. The molecule has 2 heterocycles. The van der Waals surface area contributed by atoms with Gasteiger partial charge in [0.2, 0.25) is 0 Å². The molecule has 134 valence electrons. The Morgan fingerprint density at radius 3 is 2.78 bits per heavy atom. The summed E-state index contributed by atoms with van der Waals surface area (Å²) < 4.78 is 7.26. The minimum absolute atomic E-state index is 0.0531. The number of benzene rings is 1. The van der Waals surface area contributed by atoms with E-state index in [1.165, 1.54) is 6.08 Å². The maximum atomic E-state index is 12.5. The molecular weight excluding hydrogens is 342 g/mol. The largest absolute Gasteiger partial charge is 0.441 e. The molecule has 0 aliphatic rings. The second-order valence-corrected chi connectivity index (χ2v) is 6.01. The summed E-state index contributed by atoms with van der Waals surface area (Å²) in [6.45, 7) is 3.77. The number of nitrogens with zero attached hydrogens (tertiary/aromatic N) is 4. The third-order valence-electron chi connectivity index (χ3n) is 4.35. The Bertz CT molecular complexity index is 1150. The third-order valence-corrected chi connectivity index (χ3v) is 4.35. The fourth-order valence-electron chi connectivity index (χ4n) is 2.68. The fraction of sp³-hybridized carbons (Fsp3) is 0.200. The van der Waals surface area contributed by atoms with Gasteiger partial charge in [-0.2, -0.15) is 10.5 Å². The SMILES string of the molecule is CCc1nc2cc(NC(=O)C(C#N)=Cc3cc(C#N)n(C)c3C)ccc2o1. The Labute approximate surface area is 156 Å². The van der Waals surface area contributed by atoms with Gasteiger partial charge in [0.1, 0.15) is 28.9 Å². The highest BCUT2D eigenvalue weighted by Crippen LogP contribution is 2.21. The monoisotopic (exact) mass is 359 g/mol. The normalized spacial score (nSPS) is 11.2. The zero-order valence-electron chi connectivity index (χ0n) is 15.2. The fourth-order valence-corrected chi connectivity index (χ4v) is 2.68. The van der Waals surface area contributed by atoms with E-state index in [0.29, 0.717) is 40.4 Å². The molecule has 0 bridgehead atoms. The van der Waals surface area contributed by atoms with E-state index in [4.69, 9.17) is 9.68 Å². The first-order valence-corrected chi connectivity index (χ1v) is 8.35. The predicted molar refractivity (Wildman–Crippen MR) is 100 cm³/mol. The number of hydrogen-bond acceptors (Lipinski definition) is 5. The number of anilines is 1. The van der Waals surface area contributed by atoms with Crippen LogP contribution in [0.1, 0.15) is 29.8 Å². The lowest BCUT2D eigenvalue weighted by atomic mass is 10.1. The number of aryl methyl sites for hydroxylation is 1. The zero-order valence-corrected chi connectivity index (χ0v) is 15.2. The number of aromatic nitrogens is 2. The van der Waals surface area contributed by atoms with Gasteiger partial charge in [0, 0.05) is 24.8 Å². The molecule has 0 atom stereocenters. The molecule has 1 N–H and O–H groups in total. The minimum Gasteiger partial charge on any atom is -0.441 e. The minimum atomic E-state index is -0.530. The van der Waals surface area contributed by atoms with Gasteiger partial charge in [0.05, 0.1) is 0 Å². The molecule has 2 aromatic heterocycles. The molecule has 27 heavy (non-hydrogen) atoms. The number of amides is 1. The van der Waals surface area contributed by atoms with Crippen LogP contribution < -0.4 is 5.32 Å². The maximum absolute atomic E-state index is 12.5. The Balaban J connectivity index is 1.87. The van der Waals surface area contributed by atoms with E-state index < -0.39 is 5.91 Å². The summed E-state index contributed by atoms with van der Waals surface area (Å²) in [5, 5.41) is 21.2. The lowest BCUT2D eigenvalue weighted by molar-refractivity contribution is -0.112. The van der Waals surface area contributed by atoms with E-state index in [1.807, 2.05) is 19.9 Å². The predicted octanol–water partition coefficient (Wildman–Crippen LogP) is 3.45. The summed E-state index contributed by atoms with van der Waals surface area (Å²) in [6.07, 6.45) is 2.16. The highest BCUT2D eigenvalue weighted by Gasteiger charge is 2.14. The smallest absolute Gasteiger partial charge is 0.266 e. The molecule has 3 aromatic rings. The van der Waals surface area contributed by atoms with Crippen LogP contribution in [0.5, 0.6) is 0 Å². The first-order valence-electron chi connectivity index (χ1n) is 8.35. The Kier molecular flexibility index (Phi) is 4.78. The van der Waals surface area contributed by atoms with Gasteiger partial charge < -0.3 is 14.3 Å². The molecule has 0 saturated heterocycles. The van der Waals surface area contributed by atoms with Gasteiger partial charge in [-0.3, -0.25) is 4.79 Å². The number of nitrogens with one attached hydrogen (secondary N) is 1. The van der Waals surface area contributed by atoms with Crippen LogP contribution in [0.25, 0.3) is 17.2 Å². The number of hydrogen-bond donors (Lipinski definition) is 1. The van der Waals surface area contributed by atoms with Crippen molar-refractivity contribution in [1.29, 1.82) is 10.5 Å². The van der Waals surface area contributed by atoms with E-state index in [9.17, 15) is 10.1 Å². The Hall–Kier alpha value is -3.84. The topological polar surface area (TPSA) is 108 Å². The van der Waals surface area contributed by atoms with E-state index in [0.717, 1.165) is 5.69 Å². The van der Waals surface area contributed by atoms with Gasteiger partial charge in [-0.05, 0) is 42.8 Å². The number of nitriles is 2. The molecule has 7 nitrogen and oxygen atoms in total. The van der Waals surface area contributed by atoms with Crippen molar-refractivity contribution in [1.82, 2.24) is 9.55 Å². The van der Waals surface area contributed by atoms with E-state index in [-0.39, 0.29) is 5.57 Å². The van der Waals surface area contributed by atoms with E-state index >= 15 is 0 Å². The van der Waals surface area contributed by atoms with Crippen LogP contribution in [-0.2, 0) is 18.3 Å². The lowest BCUT2D eigenvalue weighted by Gasteiger charge is -2.04. The van der Waals surface area contributed by atoms with Crippen LogP contribution in [0.2, 0.25) is 0 Å². The highest BCUT2D eigenvalue weighted by atomic mass is 16.3. The molecule has 0 aliphatic heterocycles. The van der Waals surface area contributed by atoms with Gasteiger partial charge in [-0.1, -0.05) is 6.92 Å². The number of oxazole rings is 1. The second-order valence-electron chi connectivity index (χ2n) is 6.01. The maximum Gasteiger partial charge on any atom is 0.266 e. The van der Waals surface area contributed by atoms with Crippen LogP contribution >= 0.6 is 0 Å². The highest BCUT2D eigenvalue weighted by molar-refractivity contribution is 6.10. The number of fused-ring (bicyclic) bond motifs is 1. The molecule has 1 aromatic carbocycles. The summed E-state index contributed by atoms with van der Waals surface area (Å²) >= 11 is 0. The molecule has 1 amide bonds. The quantitative estimate of drug-likeness (QED) is 0.567. The van der Waals surface area contributed by atoms with Crippen molar-refractivity contribution in [2.24, 2.45) is 7.05 Å². The number of carbonyl (C=O) groups excluding carboxylic acids is 1. The van der Waals surface area contributed by atoms with Gasteiger partial charge in [-0.25, -0.2) is 4.98 Å². The second kappa shape index (κ2) is 7.19. The van der Waals surface area contributed by atoms with E-state index in [1.54, 1.807) is 35.9 Å². The molecule has 0 saturated carbocycles. The van der Waals surface area contributed by atoms with Crippen LogP contribution in [-0.4, -0.2) is 15.5 Å². The Morgan fingerprint density at radius 1 is 1.37 bits per heavy atom.